The first kappa shape index (κ1) is 27.7. The van der Waals surface area contributed by atoms with Crippen molar-refractivity contribution >= 4 is 42.2 Å². The summed E-state index contributed by atoms with van der Waals surface area (Å²) in [6, 6.07) is 0.232. The average molecular weight is 486 g/mol. The number of carboxylic acids is 1. The number of thiol groups is 1. The number of nitrogens with one attached hydrogen (secondary N) is 3. The smallest absolute Gasteiger partial charge is 0.328 e. The Bertz CT molecular complexity index is 866. The minimum Gasteiger partial charge on any atom is -0.508 e. The van der Waals surface area contributed by atoms with E-state index in [1.54, 1.807) is 0 Å². The summed E-state index contributed by atoms with van der Waals surface area (Å²) in [7, 11) is 0. The third kappa shape index (κ3) is 9.34. The fourth-order valence-corrected chi connectivity index (χ4v) is 2.85. The standard InChI is InChI=1S/C19H27N5O8S/c20-11(6-15(21)27)16(28)24-14(8-33)18(30)22-12(5-9-1-3-10(26)4-2-9)17(29)23-13(7-25)19(31)32/h1-4,11-14,25-26,33H,5-8,20H2,(H2,21,27)(H,22,30)(H,23,29)(H,24,28)(H,31,32). The summed E-state index contributed by atoms with van der Waals surface area (Å²) >= 11 is 4.00. The van der Waals surface area contributed by atoms with Crippen LogP contribution in [0.1, 0.15) is 12.0 Å². The molecule has 0 fully saturated rings. The van der Waals surface area contributed by atoms with E-state index in [4.69, 9.17) is 21.7 Å². The molecule has 1 rings (SSSR count). The Morgan fingerprint density at radius 1 is 0.909 bits per heavy atom. The molecule has 0 bridgehead atoms. The number of carbonyl (C=O) groups excluding carboxylic acids is 4. The summed E-state index contributed by atoms with van der Waals surface area (Å²) < 4.78 is 0. The summed E-state index contributed by atoms with van der Waals surface area (Å²) in [4.78, 5) is 59.5. The summed E-state index contributed by atoms with van der Waals surface area (Å²) in [5.74, 6) is -5.10. The van der Waals surface area contributed by atoms with Crippen LogP contribution in [-0.4, -0.2) is 81.4 Å². The molecule has 1 aromatic carbocycles. The minimum atomic E-state index is -1.61. The number of amides is 4. The highest BCUT2D eigenvalue weighted by Crippen LogP contribution is 2.12. The first-order valence-corrected chi connectivity index (χ1v) is 10.3. The number of aliphatic hydroxyl groups is 1. The van der Waals surface area contributed by atoms with Crippen LogP contribution in [0.25, 0.3) is 0 Å². The van der Waals surface area contributed by atoms with Gasteiger partial charge < -0.3 is 42.7 Å². The van der Waals surface area contributed by atoms with E-state index in [2.05, 4.69) is 28.6 Å². The lowest BCUT2D eigenvalue weighted by Gasteiger charge is -2.24. The molecule has 0 heterocycles. The van der Waals surface area contributed by atoms with Crippen molar-refractivity contribution in [2.45, 2.75) is 37.0 Å². The summed E-state index contributed by atoms with van der Waals surface area (Å²) in [6.45, 7) is -0.881. The van der Waals surface area contributed by atoms with Crippen LogP contribution >= 0.6 is 12.6 Å². The highest BCUT2D eigenvalue weighted by Gasteiger charge is 2.30. The van der Waals surface area contributed by atoms with Gasteiger partial charge in [0.15, 0.2) is 0 Å². The van der Waals surface area contributed by atoms with Gasteiger partial charge in [0.1, 0.15) is 23.9 Å². The lowest BCUT2D eigenvalue weighted by atomic mass is 10.0. The third-order valence-corrected chi connectivity index (χ3v) is 4.74. The maximum absolute atomic E-state index is 12.7. The number of phenolic OH excluding ortho intramolecular Hbond substituents is 1. The molecule has 33 heavy (non-hydrogen) atoms. The molecule has 0 radical (unpaired) electrons. The number of nitrogens with two attached hydrogens (primary N) is 2. The second-order valence-electron chi connectivity index (χ2n) is 7.03. The van der Waals surface area contributed by atoms with E-state index in [0.717, 1.165) is 0 Å². The molecule has 14 heteroatoms. The maximum atomic E-state index is 12.7. The number of carboxylic acid groups (broad SMARTS) is 1. The Hall–Kier alpha value is -3.36. The van der Waals surface area contributed by atoms with Gasteiger partial charge in [-0.2, -0.15) is 12.6 Å². The number of hydrogen-bond acceptors (Lipinski definition) is 9. The van der Waals surface area contributed by atoms with Crippen LogP contribution in [0.5, 0.6) is 5.75 Å². The molecule has 182 valence electrons. The number of phenols is 1. The Morgan fingerprint density at radius 2 is 1.42 bits per heavy atom. The number of carbonyl (C=O) groups is 5. The van der Waals surface area contributed by atoms with Crippen LogP contribution in [-0.2, 0) is 30.4 Å². The van der Waals surface area contributed by atoms with E-state index in [1.807, 2.05) is 0 Å². The SMILES string of the molecule is NC(=O)CC(N)C(=O)NC(CS)C(=O)NC(Cc1ccc(O)cc1)C(=O)NC(CO)C(=O)O. The Morgan fingerprint density at radius 3 is 1.91 bits per heavy atom. The van der Waals surface area contributed by atoms with Crippen molar-refractivity contribution < 1.29 is 39.3 Å². The number of aromatic hydroxyl groups is 1. The molecule has 0 aliphatic carbocycles. The van der Waals surface area contributed by atoms with Crippen LogP contribution in [0.2, 0.25) is 0 Å². The summed E-state index contributed by atoms with van der Waals surface area (Å²) in [5.41, 5.74) is 11.1. The molecule has 0 saturated heterocycles. The number of aliphatic carboxylic acids is 1. The van der Waals surface area contributed by atoms with E-state index in [1.165, 1.54) is 24.3 Å². The maximum Gasteiger partial charge on any atom is 0.328 e. The van der Waals surface area contributed by atoms with Crippen molar-refractivity contribution in [2.24, 2.45) is 11.5 Å². The van der Waals surface area contributed by atoms with Gasteiger partial charge in [-0.3, -0.25) is 19.2 Å². The van der Waals surface area contributed by atoms with Crippen molar-refractivity contribution in [3.8, 4) is 5.75 Å². The summed E-state index contributed by atoms with van der Waals surface area (Å²) in [5, 5.41) is 34.4. The van der Waals surface area contributed by atoms with E-state index in [9.17, 15) is 29.1 Å². The first-order chi connectivity index (χ1) is 15.5. The third-order valence-electron chi connectivity index (χ3n) is 4.38. The van der Waals surface area contributed by atoms with E-state index in [0.29, 0.717) is 5.56 Å². The average Bonchev–Trinajstić information content (AvgIpc) is 2.75. The molecular weight excluding hydrogens is 458 g/mol. The van der Waals surface area contributed by atoms with Gasteiger partial charge in [0.05, 0.1) is 19.1 Å². The van der Waals surface area contributed by atoms with Gasteiger partial charge in [-0.25, -0.2) is 4.79 Å². The van der Waals surface area contributed by atoms with Crippen LogP contribution in [0, 0.1) is 0 Å². The van der Waals surface area contributed by atoms with E-state index >= 15 is 0 Å². The van der Waals surface area contributed by atoms with Gasteiger partial charge in [-0.15, -0.1) is 0 Å². The number of hydrogen-bond donors (Lipinski definition) is 9. The second-order valence-corrected chi connectivity index (χ2v) is 7.40. The number of aliphatic hydroxyl groups excluding tert-OH is 1. The van der Waals surface area contributed by atoms with Crippen LogP contribution < -0.4 is 27.4 Å². The monoisotopic (exact) mass is 485 g/mol. The van der Waals surface area contributed by atoms with Crippen LogP contribution in [0.4, 0.5) is 0 Å². The van der Waals surface area contributed by atoms with Crippen LogP contribution in [0.15, 0.2) is 24.3 Å². The summed E-state index contributed by atoms with van der Waals surface area (Å²) in [6.07, 6.45) is -0.555. The van der Waals surface area contributed by atoms with Crippen LogP contribution in [0.3, 0.4) is 0 Å². The Balaban J connectivity index is 3.00. The molecule has 4 atom stereocenters. The Kier molecular flexibility index (Phi) is 11.1. The molecule has 0 aliphatic heterocycles. The predicted molar refractivity (Wildman–Crippen MR) is 118 cm³/mol. The minimum absolute atomic E-state index is 0.0276. The molecule has 0 aliphatic rings. The predicted octanol–water partition coefficient (Wildman–Crippen LogP) is -3.40. The quantitative estimate of drug-likeness (QED) is 0.126. The molecule has 10 N–H and O–H groups in total. The van der Waals surface area contributed by atoms with Gasteiger partial charge in [0.2, 0.25) is 23.6 Å². The molecule has 0 spiro atoms. The number of rotatable bonds is 13. The highest BCUT2D eigenvalue weighted by atomic mass is 32.1. The van der Waals surface area contributed by atoms with Crippen molar-refractivity contribution in [1.82, 2.24) is 16.0 Å². The normalized spacial score (nSPS) is 14.3. The molecule has 4 unspecified atom stereocenters. The fraction of sp³-hybridized carbons (Fsp3) is 0.421. The zero-order valence-electron chi connectivity index (χ0n) is 17.4. The molecule has 4 amide bonds. The number of benzene rings is 1. The van der Waals surface area contributed by atoms with Crippen molar-refractivity contribution in [3.63, 3.8) is 0 Å². The largest absolute Gasteiger partial charge is 0.508 e. The Labute approximate surface area is 194 Å². The molecule has 0 saturated carbocycles. The van der Waals surface area contributed by atoms with Gasteiger partial charge in [-0.05, 0) is 17.7 Å². The lowest BCUT2D eigenvalue weighted by Crippen LogP contribution is -2.58. The zero-order chi connectivity index (χ0) is 25.1. The highest BCUT2D eigenvalue weighted by molar-refractivity contribution is 7.80. The molecule has 0 aromatic heterocycles. The van der Waals surface area contributed by atoms with Gasteiger partial charge in [0.25, 0.3) is 0 Å². The second kappa shape index (κ2) is 13.2. The fourth-order valence-electron chi connectivity index (χ4n) is 2.59. The van der Waals surface area contributed by atoms with Crippen molar-refractivity contribution in [1.29, 1.82) is 0 Å². The first-order valence-electron chi connectivity index (χ1n) is 9.65. The molecule has 13 nitrogen and oxygen atoms in total. The number of primary amides is 1. The topological polar surface area (TPSA) is 234 Å². The van der Waals surface area contributed by atoms with Crippen molar-refractivity contribution in [2.75, 3.05) is 12.4 Å². The van der Waals surface area contributed by atoms with E-state index in [-0.39, 0.29) is 17.9 Å². The van der Waals surface area contributed by atoms with E-state index < -0.39 is 66.8 Å². The van der Waals surface area contributed by atoms with Gasteiger partial charge in [-0.1, -0.05) is 12.1 Å². The molecule has 1 aromatic rings. The lowest BCUT2D eigenvalue weighted by molar-refractivity contribution is -0.143. The van der Waals surface area contributed by atoms with Gasteiger partial charge in [0, 0.05) is 12.2 Å². The van der Waals surface area contributed by atoms with Crippen molar-refractivity contribution in [3.05, 3.63) is 29.8 Å². The molecular formula is C19H27N5O8S. The van der Waals surface area contributed by atoms with Gasteiger partial charge >= 0.3 is 5.97 Å². The zero-order valence-corrected chi connectivity index (χ0v) is 18.3.